The molecule has 180 valence electrons. The number of ketones is 1. The maximum Gasteiger partial charge on any atom is 0.311 e. The summed E-state index contributed by atoms with van der Waals surface area (Å²) in [6.07, 6.45) is 2.31. The Bertz CT molecular complexity index is 1270. The van der Waals surface area contributed by atoms with Gasteiger partial charge in [-0.3, -0.25) is 9.59 Å². The van der Waals surface area contributed by atoms with Crippen molar-refractivity contribution in [3.8, 4) is 28.7 Å². The van der Waals surface area contributed by atoms with Crippen LogP contribution in [-0.2, 0) is 11.2 Å². The predicted octanol–water partition coefficient (Wildman–Crippen LogP) is 6.02. The third kappa shape index (κ3) is 5.05. The van der Waals surface area contributed by atoms with Crippen molar-refractivity contribution in [3.05, 3.63) is 76.3 Å². The number of aliphatic carboxylic acids is 1. The van der Waals surface area contributed by atoms with Crippen LogP contribution in [0.15, 0.2) is 54.6 Å². The highest BCUT2D eigenvalue weighted by molar-refractivity contribution is 6.32. The van der Waals surface area contributed by atoms with E-state index in [-0.39, 0.29) is 12.6 Å². The number of carboxylic acids is 1. The van der Waals surface area contributed by atoms with Crippen LogP contribution < -0.4 is 18.9 Å². The van der Waals surface area contributed by atoms with E-state index in [9.17, 15) is 14.7 Å². The number of fused-ring (bicyclic) bond motifs is 2. The van der Waals surface area contributed by atoms with Gasteiger partial charge in [0.25, 0.3) is 0 Å². The van der Waals surface area contributed by atoms with Gasteiger partial charge >= 0.3 is 5.97 Å². The zero-order chi connectivity index (χ0) is 24.4. The number of hydrogen-bond acceptors (Lipinski definition) is 6. The fourth-order valence-electron chi connectivity index (χ4n) is 4.25. The van der Waals surface area contributed by atoms with Crippen molar-refractivity contribution in [2.45, 2.75) is 31.6 Å². The van der Waals surface area contributed by atoms with Gasteiger partial charge < -0.3 is 24.1 Å². The van der Waals surface area contributed by atoms with Crippen molar-refractivity contribution >= 4 is 23.4 Å². The first-order valence-corrected chi connectivity index (χ1v) is 11.7. The molecule has 1 N–H and O–H groups in total. The number of hydrogen-bond donors (Lipinski definition) is 1. The fourth-order valence-corrected chi connectivity index (χ4v) is 4.46. The molecule has 0 amide bonds. The maximum atomic E-state index is 12.6. The highest BCUT2D eigenvalue weighted by atomic mass is 35.5. The number of benzene rings is 3. The van der Waals surface area contributed by atoms with Crippen LogP contribution in [0.1, 0.15) is 46.7 Å². The van der Waals surface area contributed by atoms with Crippen LogP contribution in [0.25, 0.3) is 0 Å². The zero-order valence-corrected chi connectivity index (χ0v) is 19.5. The summed E-state index contributed by atoms with van der Waals surface area (Å²) < 4.78 is 22.2. The van der Waals surface area contributed by atoms with E-state index in [1.165, 1.54) is 0 Å². The number of Topliss-reactive ketones (excluding diaryl/α,β-unsaturated/α-hetero) is 1. The van der Waals surface area contributed by atoms with E-state index < -0.39 is 11.9 Å². The van der Waals surface area contributed by atoms with E-state index >= 15 is 0 Å². The average Bonchev–Trinajstić information content (AvgIpc) is 3.32. The molecule has 2 aliphatic heterocycles. The molecule has 2 heterocycles. The Kier molecular flexibility index (Phi) is 6.51. The van der Waals surface area contributed by atoms with Gasteiger partial charge in [0.1, 0.15) is 17.2 Å². The van der Waals surface area contributed by atoms with Gasteiger partial charge in [-0.15, -0.1) is 0 Å². The molecule has 0 saturated heterocycles. The van der Waals surface area contributed by atoms with E-state index in [0.717, 1.165) is 29.9 Å². The van der Waals surface area contributed by atoms with E-state index in [1.54, 1.807) is 36.4 Å². The lowest BCUT2D eigenvalue weighted by molar-refractivity contribution is -0.139. The standard InChI is InChI=1S/C27H23ClO7/c28-21-13-20-19(27(30)31)10-11-32-24(20)14-25(21)35-18-7-5-17(6-8-18)22(29)3-1-2-16-4-9-23-26(12-16)34-15-33-23/h4-9,12-14,19H,1-3,10-11,15H2,(H,30,31). The van der Waals surface area contributed by atoms with Crippen LogP contribution in [0.4, 0.5) is 0 Å². The van der Waals surface area contributed by atoms with Crippen molar-refractivity contribution in [2.24, 2.45) is 0 Å². The second kappa shape index (κ2) is 9.88. The first-order valence-electron chi connectivity index (χ1n) is 11.4. The van der Waals surface area contributed by atoms with Gasteiger partial charge in [-0.25, -0.2) is 0 Å². The molecule has 0 fully saturated rings. The molecular weight excluding hydrogens is 472 g/mol. The van der Waals surface area contributed by atoms with Gasteiger partial charge in [0.05, 0.1) is 17.5 Å². The third-order valence-electron chi connectivity index (χ3n) is 6.11. The molecule has 8 heteroatoms. The Morgan fingerprint density at radius 3 is 2.57 bits per heavy atom. The molecule has 5 rings (SSSR count). The van der Waals surface area contributed by atoms with Crippen LogP contribution in [0, 0.1) is 0 Å². The van der Waals surface area contributed by atoms with E-state index in [1.807, 2.05) is 18.2 Å². The van der Waals surface area contributed by atoms with Gasteiger partial charge in [-0.05, 0) is 67.3 Å². The number of carboxylic acid groups (broad SMARTS) is 1. The first-order chi connectivity index (χ1) is 17.0. The summed E-state index contributed by atoms with van der Waals surface area (Å²) in [6.45, 7) is 0.561. The molecule has 3 aromatic rings. The van der Waals surface area contributed by atoms with Crippen molar-refractivity contribution < 1.29 is 33.6 Å². The molecule has 35 heavy (non-hydrogen) atoms. The maximum absolute atomic E-state index is 12.6. The Morgan fingerprint density at radius 1 is 0.971 bits per heavy atom. The van der Waals surface area contributed by atoms with Gasteiger partial charge in [-0.2, -0.15) is 0 Å². The molecule has 3 aromatic carbocycles. The van der Waals surface area contributed by atoms with Crippen LogP contribution in [0.3, 0.4) is 0 Å². The number of halogens is 1. The molecule has 1 unspecified atom stereocenters. The summed E-state index contributed by atoms with van der Waals surface area (Å²) in [5.41, 5.74) is 2.25. The van der Waals surface area contributed by atoms with Gasteiger partial charge in [0.15, 0.2) is 17.3 Å². The second-order valence-corrected chi connectivity index (χ2v) is 8.85. The summed E-state index contributed by atoms with van der Waals surface area (Å²) in [5, 5.41) is 9.73. The third-order valence-corrected chi connectivity index (χ3v) is 6.41. The Balaban J connectivity index is 1.19. The Morgan fingerprint density at radius 2 is 1.77 bits per heavy atom. The molecule has 2 aliphatic rings. The van der Waals surface area contributed by atoms with Crippen molar-refractivity contribution in [1.82, 2.24) is 0 Å². The van der Waals surface area contributed by atoms with Crippen LogP contribution in [0.2, 0.25) is 5.02 Å². The van der Waals surface area contributed by atoms with Crippen LogP contribution >= 0.6 is 11.6 Å². The molecule has 0 bridgehead atoms. The summed E-state index contributed by atoms with van der Waals surface area (Å²) >= 11 is 6.36. The summed E-state index contributed by atoms with van der Waals surface area (Å²) in [7, 11) is 0. The summed E-state index contributed by atoms with van der Waals surface area (Å²) in [4.78, 5) is 24.1. The highest BCUT2D eigenvalue weighted by Gasteiger charge is 2.29. The van der Waals surface area contributed by atoms with Crippen LogP contribution in [0.5, 0.6) is 28.7 Å². The highest BCUT2D eigenvalue weighted by Crippen LogP contribution is 2.42. The van der Waals surface area contributed by atoms with Gasteiger partial charge in [0, 0.05) is 23.6 Å². The smallest absolute Gasteiger partial charge is 0.311 e. The SMILES string of the molecule is O=C(CCCc1ccc2c(c1)OCO2)c1ccc(Oc2cc3c(cc2Cl)C(C(=O)O)CCO3)cc1. The quantitative estimate of drug-likeness (QED) is 0.383. The molecule has 0 saturated carbocycles. The van der Waals surface area contributed by atoms with E-state index in [0.29, 0.717) is 52.8 Å². The zero-order valence-electron chi connectivity index (χ0n) is 18.8. The van der Waals surface area contributed by atoms with Crippen molar-refractivity contribution in [1.29, 1.82) is 0 Å². The largest absolute Gasteiger partial charge is 0.493 e. The van der Waals surface area contributed by atoms with Crippen molar-refractivity contribution in [3.63, 3.8) is 0 Å². The fraction of sp³-hybridized carbons (Fsp3) is 0.259. The molecular formula is C27H23ClO7. The lowest BCUT2D eigenvalue weighted by Crippen LogP contribution is -2.20. The second-order valence-electron chi connectivity index (χ2n) is 8.44. The van der Waals surface area contributed by atoms with Crippen molar-refractivity contribution in [2.75, 3.05) is 13.4 Å². The lowest BCUT2D eigenvalue weighted by Gasteiger charge is -2.24. The first kappa shape index (κ1) is 23.1. The van der Waals surface area contributed by atoms with E-state index in [4.69, 9.17) is 30.5 Å². The van der Waals surface area contributed by atoms with Gasteiger partial charge in [-0.1, -0.05) is 17.7 Å². The Labute approximate surface area is 207 Å². The minimum absolute atomic E-state index is 0.0530. The van der Waals surface area contributed by atoms with Crippen LogP contribution in [-0.4, -0.2) is 30.3 Å². The summed E-state index contributed by atoms with van der Waals surface area (Å²) in [5.74, 6) is 1.32. The van der Waals surface area contributed by atoms with E-state index in [2.05, 4.69) is 0 Å². The lowest BCUT2D eigenvalue weighted by atomic mass is 9.93. The number of carbonyl (C=O) groups is 2. The molecule has 1 atom stereocenters. The minimum Gasteiger partial charge on any atom is -0.493 e. The number of aryl methyl sites for hydroxylation is 1. The van der Waals surface area contributed by atoms with Gasteiger partial charge in [0.2, 0.25) is 6.79 Å². The topological polar surface area (TPSA) is 91.3 Å². The molecule has 7 nitrogen and oxygen atoms in total. The molecule has 0 aliphatic carbocycles. The summed E-state index contributed by atoms with van der Waals surface area (Å²) in [6, 6.07) is 15.9. The minimum atomic E-state index is -0.907. The Hall–Kier alpha value is -3.71. The number of rotatable bonds is 8. The molecule has 0 radical (unpaired) electrons. The number of ether oxygens (including phenoxy) is 4. The normalized spacial score (nSPS) is 15.7. The molecule has 0 spiro atoms. The molecule has 0 aromatic heterocycles. The average molecular weight is 495 g/mol. The number of carbonyl (C=O) groups excluding carboxylic acids is 1. The predicted molar refractivity (Wildman–Crippen MR) is 128 cm³/mol. The monoisotopic (exact) mass is 494 g/mol.